The van der Waals surface area contributed by atoms with Crippen molar-refractivity contribution in [2.45, 2.75) is 70.5 Å². The van der Waals surface area contributed by atoms with Crippen LogP contribution in [0, 0.1) is 5.92 Å². The molecule has 0 unspecified atom stereocenters. The predicted molar refractivity (Wildman–Crippen MR) is 153 cm³/mol. The first kappa shape index (κ1) is 32.8. The number of aromatic nitrogens is 1. The highest BCUT2D eigenvalue weighted by Gasteiger charge is 2.38. The maximum Gasteiger partial charge on any atom is 0.490 e. The van der Waals surface area contributed by atoms with Crippen LogP contribution in [-0.2, 0) is 14.4 Å². The maximum atomic E-state index is 13.1. The molecule has 4 rings (SSSR count). The fraction of sp³-hybridized carbons (Fsp3) is 0.484. The number of hydrogen-bond acceptors (Lipinski definition) is 6. The van der Waals surface area contributed by atoms with E-state index in [0.717, 1.165) is 62.6 Å². The number of aliphatic carboxylic acids is 1. The summed E-state index contributed by atoms with van der Waals surface area (Å²) in [5.41, 5.74) is 0.973. The summed E-state index contributed by atoms with van der Waals surface area (Å²) in [6.45, 7) is 3.80. The molecular formula is C31H38F3N3O5. The number of piperidine rings is 1. The number of benzene rings is 2. The minimum Gasteiger partial charge on any atom is -0.475 e. The molecule has 2 N–H and O–H groups in total. The van der Waals surface area contributed by atoms with E-state index in [9.17, 15) is 22.8 Å². The van der Waals surface area contributed by atoms with E-state index < -0.39 is 12.1 Å². The number of nitrogens with zero attached hydrogens (tertiary/aromatic N) is 2. The van der Waals surface area contributed by atoms with Crippen LogP contribution >= 0.6 is 0 Å². The third kappa shape index (κ3) is 9.97. The van der Waals surface area contributed by atoms with Gasteiger partial charge in [-0.3, -0.25) is 9.59 Å². The van der Waals surface area contributed by atoms with Crippen molar-refractivity contribution in [3.8, 4) is 11.3 Å². The average molecular weight is 590 g/mol. The van der Waals surface area contributed by atoms with Crippen LogP contribution in [0.4, 0.5) is 13.2 Å². The van der Waals surface area contributed by atoms with E-state index in [1.807, 2.05) is 25.1 Å². The average Bonchev–Trinajstić information content (AvgIpc) is 3.46. The summed E-state index contributed by atoms with van der Waals surface area (Å²) < 4.78 is 37.9. The van der Waals surface area contributed by atoms with Gasteiger partial charge in [0.15, 0.2) is 5.76 Å². The van der Waals surface area contributed by atoms with Crippen LogP contribution < -0.4 is 5.32 Å². The molecule has 1 fully saturated rings. The number of likely N-dealkylation sites (tertiary alicyclic amines) is 1. The van der Waals surface area contributed by atoms with Crippen LogP contribution in [0.5, 0.6) is 0 Å². The Kier molecular flexibility index (Phi) is 12.1. The number of rotatable bonds is 11. The number of carboxylic acids is 1. The van der Waals surface area contributed by atoms with Gasteiger partial charge in [-0.25, -0.2) is 9.78 Å². The molecule has 8 nitrogen and oxygen atoms in total. The Morgan fingerprint density at radius 2 is 1.74 bits per heavy atom. The molecule has 1 aliphatic heterocycles. The smallest absolute Gasteiger partial charge is 0.475 e. The van der Waals surface area contributed by atoms with Gasteiger partial charge in [0.1, 0.15) is 11.8 Å². The van der Waals surface area contributed by atoms with E-state index in [1.54, 1.807) is 6.20 Å². The van der Waals surface area contributed by atoms with Crippen LogP contribution in [0.3, 0.4) is 0 Å². The molecule has 1 saturated heterocycles. The lowest BCUT2D eigenvalue weighted by Gasteiger charge is -2.29. The second-order valence-electron chi connectivity index (χ2n) is 10.6. The van der Waals surface area contributed by atoms with Gasteiger partial charge in [-0.15, -0.1) is 0 Å². The number of carbonyl (C=O) groups excluding carboxylic acids is 2. The van der Waals surface area contributed by atoms with Gasteiger partial charge in [0.25, 0.3) is 0 Å². The van der Waals surface area contributed by atoms with Crippen molar-refractivity contribution < 1.29 is 37.1 Å². The Bertz CT molecular complexity index is 1330. The molecule has 228 valence electrons. The third-order valence-electron chi connectivity index (χ3n) is 7.35. The van der Waals surface area contributed by atoms with Gasteiger partial charge >= 0.3 is 12.1 Å². The number of carbonyl (C=O) groups is 3. The fourth-order valence-corrected chi connectivity index (χ4v) is 4.77. The second-order valence-corrected chi connectivity index (χ2v) is 10.6. The Balaban J connectivity index is 0.000000616. The van der Waals surface area contributed by atoms with E-state index in [1.165, 1.54) is 5.39 Å². The van der Waals surface area contributed by atoms with Gasteiger partial charge in [-0.05, 0) is 62.7 Å². The summed E-state index contributed by atoms with van der Waals surface area (Å²) in [5, 5.41) is 12.7. The van der Waals surface area contributed by atoms with Gasteiger partial charge in [0, 0.05) is 24.3 Å². The molecule has 2 aromatic carbocycles. The van der Waals surface area contributed by atoms with Crippen LogP contribution in [0.1, 0.15) is 70.2 Å². The first-order valence-corrected chi connectivity index (χ1v) is 14.2. The van der Waals surface area contributed by atoms with E-state index in [4.69, 9.17) is 14.3 Å². The van der Waals surface area contributed by atoms with Gasteiger partial charge in [0.2, 0.25) is 11.8 Å². The molecule has 1 aliphatic rings. The van der Waals surface area contributed by atoms with Gasteiger partial charge < -0.3 is 19.7 Å². The SMILES string of the molecule is CCC(=O)CCCCC[C@H](NC(=O)C1CCN(C)CC1)c1ncc(-c2ccc3ccccc3c2)o1.O=C(O)C(F)(F)F. The lowest BCUT2D eigenvalue weighted by Crippen LogP contribution is -2.40. The number of halogens is 3. The van der Waals surface area contributed by atoms with Crippen molar-refractivity contribution in [2.75, 3.05) is 20.1 Å². The Hall–Kier alpha value is -3.73. The quantitative estimate of drug-likeness (QED) is 0.244. The normalized spacial score (nSPS) is 15.1. The van der Waals surface area contributed by atoms with Gasteiger partial charge in [-0.2, -0.15) is 13.2 Å². The Morgan fingerprint density at radius 1 is 1.07 bits per heavy atom. The molecule has 2 heterocycles. The van der Waals surface area contributed by atoms with Crippen molar-refractivity contribution in [2.24, 2.45) is 5.92 Å². The van der Waals surface area contributed by atoms with Crippen molar-refractivity contribution in [1.29, 1.82) is 0 Å². The van der Waals surface area contributed by atoms with E-state index >= 15 is 0 Å². The molecule has 1 aromatic heterocycles. The van der Waals surface area contributed by atoms with E-state index in [2.05, 4.69) is 46.5 Å². The second kappa shape index (κ2) is 15.5. The monoisotopic (exact) mass is 589 g/mol. The van der Waals surface area contributed by atoms with Crippen molar-refractivity contribution in [1.82, 2.24) is 15.2 Å². The molecule has 0 bridgehead atoms. The largest absolute Gasteiger partial charge is 0.490 e. The number of unbranched alkanes of at least 4 members (excludes halogenated alkanes) is 2. The first-order chi connectivity index (χ1) is 20.0. The third-order valence-corrected chi connectivity index (χ3v) is 7.35. The number of alkyl halides is 3. The van der Waals surface area contributed by atoms with E-state index in [0.29, 0.717) is 30.3 Å². The molecule has 0 radical (unpaired) electrons. The number of ketones is 1. The van der Waals surface area contributed by atoms with Gasteiger partial charge in [-0.1, -0.05) is 56.2 Å². The standard InChI is InChI=1S/C29H37N3O3.C2HF3O2/c1-3-25(33)11-5-4-6-12-26(31-28(34)22-15-17-32(2)18-16-22)29-30-20-27(35-29)24-14-13-21-9-7-8-10-23(21)19-24;3-2(4,5)1(6)7/h7-10,13-14,19-20,22,26H,3-6,11-12,15-18H2,1-2H3,(H,31,34);(H,6,7)/t26-;/m0./s1. The summed E-state index contributed by atoms with van der Waals surface area (Å²) in [7, 11) is 2.10. The summed E-state index contributed by atoms with van der Waals surface area (Å²) in [6, 6.07) is 14.2. The number of amides is 1. The summed E-state index contributed by atoms with van der Waals surface area (Å²) in [5.74, 6) is -1.06. The number of carboxylic acid groups (broad SMARTS) is 1. The molecule has 3 aromatic rings. The number of nitrogens with one attached hydrogen (secondary N) is 1. The molecule has 1 atom stereocenters. The lowest BCUT2D eigenvalue weighted by atomic mass is 9.95. The molecule has 11 heteroatoms. The lowest BCUT2D eigenvalue weighted by molar-refractivity contribution is -0.192. The number of hydrogen-bond donors (Lipinski definition) is 2. The molecule has 0 aliphatic carbocycles. The summed E-state index contributed by atoms with van der Waals surface area (Å²) in [4.78, 5) is 40.4. The van der Waals surface area contributed by atoms with E-state index in [-0.39, 0.29) is 17.9 Å². The zero-order valence-corrected chi connectivity index (χ0v) is 24.0. The van der Waals surface area contributed by atoms with Crippen molar-refractivity contribution >= 4 is 28.4 Å². The van der Waals surface area contributed by atoms with Crippen LogP contribution in [0.25, 0.3) is 22.1 Å². The highest BCUT2D eigenvalue weighted by molar-refractivity contribution is 5.86. The first-order valence-electron chi connectivity index (χ1n) is 14.2. The number of Topliss-reactive ketones (excluding diaryl/α,β-unsaturated/α-hetero) is 1. The molecule has 0 spiro atoms. The van der Waals surface area contributed by atoms with Gasteiger partial charge in [0.05, 0.1) is 6.20 Å². The maximum absolute atomic E-state index is 13.1. The Morgan fingerprint density at radius 3 is 2.38 bits per heavy atom. The Labute approximate surface area is 243 Å². The van der Waals surface area contributed by atoms with Crippen molar-refractivity contribution in [3.05, 3.63) is 54.6 Å². The molecular weight excluding hydrogens is 551 g/mol. The number of oxazole rings is 1. The molecule has 0 saturated carbocycles. The minimum absolute atomic E-state index is 0.0331. The molecule has 1 amide bonds. The fourth-order valence-electron chi connectivity index (χ4n) is 4.77. The van der Waals surface area contributed by atoms with Crippen LogP contribution in [0.2, 0.25) is 0 Å². The highest BCUT2D eigenvalue weighted by Crippen LogP contribution is 2.29. The molecule has 42 heavy (non-hydrogen) atoms. The van der Waals surface area contributed by atoms with Crippen LogP contribution in [0.15, 0.2) is 53.1 Å². The zero-order valence-electron chi connectivity index (χ0n) is 24.0. The summed E-state index contributed by atoms with van der Waals surface area (Å²) >= 11 is 0. The zero-order chi connectivity index (χ0) is 30.7. The highest BCUT2D eigenvalue weighted by atomic mass is 19.4. The predicted octanol–water partition coefficient (Wildman–Crippen LogP) is 6.56. The minimum atomic E-state index is -5.08. The topological polar surface area (TPSA) is 113 Å². The van der Waals surface area contributed by atoms with Crippen LogP contribution in [-0.4, -0.2) is 59.0 Å². The van der Waals surface area contributed by atoms with Crippen molar-refractivity contribution in [3.63, 3.8) is 0 Å². The number of fused-ring (bicyclic) bond motifs is 1. The summed E-state index contributed by atoms with van der Waals surface area (Å²) in [6.07, 6.45) is 3.15.